The minimum atomic E-state index is -2.96. The molecular weight excluding hydrogens is 292 g/mol. The summed E-state index contributed by atoms with van der Waals surface area (Å²) in [5.41, 5.74) is 0.483. The minimum absolute atomic E-state index is 0.0388. The van der Waals surface area contributed by atoms with Gasteiger partial charge in [-0.1, -0.05) is 11.6 Å². The molecule has 0 aliphatic rings. The molecule has 0 saturated carbocycles. The van der Waals surface area contributed by atoms with E-state index in [0.29, 0.717) is 30.1 Å². The molecule has 1 rings (SSSR count). The standard InChI is InChI=1S/C11H15ClN2O4S/c1-19(17,18)6-2-5-13-8-9-3-4-10(12)7-11(9)14(15)16/h3-4,7,13H,2,5-6,8H2,1H3. The van der Waals surface area contributed by atoms with E-state index in [1.165, 1.54) is 12.3 Å². The second-order valence-electron chi connectivity index (χ2n) is 4.19. The lowest BCUT2D eigenvalue weighted by atomic mass is 10.2. The first-order chi connectivity index (χ1) is 8.79. The highest BCUT2D eigenvalue weighted by Crippen LogP contribution is 2.22. The summed E-state index contributed by atoms with van der Waals surface area (Å²) in [4.78, 5) is 10.3. The Balaban J connectivity index is 2.52. The smallest absolute Gasteiger partial charge is 0.275 e. The largest absolute Gasteiger partial charge is 0.312 e. The van der Waals surface area contributed by atoms with Crippen molar-refractivity contribution in [2.24, 2.45) is 0 Å². The minimum Gasteiger partial charge on any atom is -0.312 e. The van der Waals surface area contributed by atoms with E-state index < -0.39 is 14.8 Å². The molecule has 0 aliphatic heterocycles. The summed E-state index contributed by atoms with van der Waals surface area (Å²) in [6.45, 7) is 0.782. The fourth-order valence-electron chi connectivity index (χ4n) is 1.54. The molecule has 0 bridgehead atoms. The number of hydrogen-bond donors (Lipinski definition) is 1. The molecule has 19 heavy (non-hydrogen) atoms. The lowest BCUT2D eigenvalue weighted by Crippen LogP contribution is -2.18. The first-order valence-corrected chi connectivity index (χ1v) is 8.05. The Hall–Kier alpha value is -1.18. The average molecular weight is 307 g/mol. The molecule has 0 aromatic heterocycles. The van der Waals surface area contributed by atoms with Gasteiger partial charge in [0.15, 0.2) is 0 Å². The molecule has 0 saturated heterocycles. The van der Waals surface area contributed by atoms with Crippen LogP contribution in [0.1, 0.15) is 12.0 Å². The summed E-state index contributed by atoms with van der Waals surface area (Å²) in [6, 6.07) is 4.47. The maximum Gasteiger partial charge on any atom is 0.275 e. The van der Waals surface area contributed by atoms with Crippen molar-refractivity contribution in [2.45, 2.75) is 13.0 Å². The van der Waals surface area contributed by atoms with E-state index >= 15 is 0 Å². The maximum atomic E-state index is 10.9. The quantitative estimate of drug-likeness (QED) is 0.471. The van der Waals surface area contributed by atoms with Gasteiger partial charge in [-0.05, 0) is 25.1 Å². The van der Waals surface area contributed by atoms with Crippen molar-refractivity contribution in [3.8, 4) is 0 Å². The second-order valence-corrected chi connectivity index (χ2v) is 6.89. The van der Waals surface area contributed by atoms with Gasteiger partial charge in [0.1, 0.15) is 9.84 Å². The van der Waals surface area contributed by atoms with Gasteiger partial charge in [0.2, 0.25) is 0 Å². The van der Waals surface area contributed by atoms with Crippen LogP contribution in [0.5, 0.6) is 0 Å². The number of benzene rings is 1. The third kappa shape index (κ3) is 6.00. The molecule has 1 N–H and O–H groups in total. The first-order valence-electron chi connectivity index (χ1n) is 5.61. The number of halogens is 1. The van der Waals surface area contributed by atoms with Gasteiger partial charge in [-0.3, -0.25) is 10.1 Å². The Morgan fingerprint density at radius 1 is 1.42 bits per heavy atom. The molecule has 6 nitrogen and oxygen atoms in total. The van der Waals surface area contributed by atoms with Crippen LogP contribution in [0.4, 0.5) is 5.69 Å². The summed E-state index contributed by atoms with van der Waals surface area (Å²) in [6.07, 6.45) is 1.65. The number of rotatable bonds is 7. The van der Waals surface area contributed by atoms with Gasteiger partial charge in [-0.2, -0.15) is 0 Å². The molecule has 0 amide bonds. The van der Waals surface area contributed by atoms with E-state index in [1.54, 1.807) is 12.1 Å². The van der Waals surface area contributed by atoms with E-state index in [2.05, 4.69) is 5.32 Å². The van der Waals surface area contributed by atoms with Crippen molar-refractivity contribution >= 4 is 27.1 Å². The number of nitrogens with one attached hydrogen (secondary N) is 1. The van der Waals surface area contributed by atoms with Crippen molar-refractivity contribution in [3.63, 3.8) is 0 Å². The maximum absolute atomic E-state index is 10.9. The highest BCUT2D eigenvalue weighted by molar-refractivity contribution is 7.90. The highest BCUT2D eigenvalue weighted by Gasteiger charge is 2.13. The molecule has 0 fully saturated rings. The number of nitrogens with zero attached hydrogens (tertiary/aromatic N) is 1. The third-order valence-corrected chi connectivity index (χ3v) is 3.69. The zero-order valence-corrected chi connectivity index (χ0v) is 12.0. The lowest BCUT2D eigenvalue weighted by molar-refractivity contribution is -0.385. The molecule has 106 valence electrons. The molecule has 1 aromatic rings. The summed E-state index contributed by atoms with van der Waals surface area (Å²) in [5.74, 6) is 0.0999. The van der Waals surface area contributed by atoms with Crippen LogP contribution in [0, 0.1) is 10.1 Å². The van der Waals surface area contributed by atoms with Gasteiger partial charge >= 0.3 is 0 Å². The molecule has 0 aliphatic carbocycles. The molecule has 0 atom stereocenters. The van der Waals surface area contributed by atoms with Crippen molar-refractivity contribution in [3.05, 3.63) is 38.9 Å². The van der Waals surface area contributed by atoms with Gasteiger partial charge in [0, 0.05) is 29.5 Å². The summed E-state index contributed by atoms with van der Waals surface area (Å²) < 4.78 is 21.8. The first kappa shape index (κ1) is 15.9. The zero-order chi connectivity index (χ0) is 14.5. The Morgan fingerprint density at radius 3 is 2.68 bits per heavy atom. The fourth-order valence-corrected chi connectivity index (χ4v) is 2.37. The monoisotopic (exact) mass is 306 g/mol. The van der Waals surface area contributed by atoms with Gasteiger partial charge < -0.3 is 5.32 Å². The second kappa shape index (κ2) is 6.83. The zero-order valence-electron chi connectivity index (χ0n) is 10.4. The van der Waals surface area contributed by atoms with E-state index in [9.17, 15) is 18.5 Å². The SMILES string of the molecule is CS(=O)(=O)CCCNCc1ccc(Cl)cc1[N+](=O)[O-]. The van der Waals surface area contributed by atoms with Crippen molar-refractivity contribution in [1.82, 2.24) is 5.32 Å². The van der Waals surface area contributed by atoms with E-state index in [-0.39, 0.29) is 11.4 Å². The number of nitro benzene ring substituents is 1. The predicted octanol–water partition coefficient (Wildman–Crippen LogP) is 1.77. The third-order valence-electron chi connectivity index (χ3n) is 2.43. The molecule has 0 spiro atoms. The van der Waals surface area contributed by atoms with Crippen LogP contribution >= 0.6 is 11.6 Å². The molecular formula is C11H15ClN2O4S. The average Bonchev–Trinajstić information content (AvgIpc) is 2.28. The number of sulfone groups is 1. The summed E-state index contributed by atoms with van der Waals surface area (Å²) in [5, 5.41) is 14.1. The van der Waals surface area contributed by atoms with Gasteiger partial charge in [0.05, 0.1) is 10.7 Å². The Labute approximate surface area is 116 Å². The van der Waals surface area contributed by atoms with Crippen molar-refractivity contribution < 1.29 is 13.3 Å². The van der Waals surface area contributed by atoms with Crippen LogP contribution in [-0.4, -0.2) is 31.9 Å². The van der Waals surface area contributed by atoms with Crippen LogP contribution in [0.25, 0.3) is 0 Å². The van der Waals surface area contributed by atoms with Gasteiger partial charge in [-0.15, -0.1) is 0 Å². The molecule has 0 unspecified atom stereocenters. The van der Waals surface area contributed by atoms with Crippen molar-refractivity contribution in [1.29, 1.82) is 0 Å². The topological polar surface area (TPSA) is 89.3 Å². The highest BCUT2D eigenvalue weighted by atomic mass is 35.5. The Kier molecular flexibility index (Phi) is 5.71. The van der Waals surface area contributed by atoms with Gasteiger partial charge in [0.25, 0.3) is 5.69 Å². The molecule has 0 radical (unpaired) electrons. The van der Waals surface area contributed by atoms with Crippen LogP contribution in [-0.2, 0) is 16.4 Å². The summed E-state index contributed by atoms with van der Waals surface area (Å²) in [7, 11) is -2.96. The van der Waals surface area contributed by atoms with E-state index in [1.807, 2.05) is 0 Å². The van der Waals surface area contributed by atoms with Crippen LogP contribution in [0.3, 0.4) is 0 Å². The van der Waals surface area contributed by atoms with Gasteiger partial charge in [-0.25, -0.2) is 8.42 Å². The molecule has 8 heteroatoms. The van der Waals surface area contributed by atoms with Crippen LogP contribution in [0.15, 0.2) is 18.2 Å². The predicted molar refractivity (Wildman–Crippen MR) is 74.1 cm³/mol. The van der Waals surface area contributed by atoms with Crippen LogP contribution < -0.4 is 5.32 Å². The number of hydrogen-bond acceptors (Lipinski definition) is 5. The molecule has 0 heterocycles. The fraction of sp³-hybridized carbons (Fsp3) is 0.455. The molecule has 1 aromatic carbocycles. The Morgan fingerprint density at radius 2 is 2.11 bits per heavy atom. The summed E-state index contributed by atoms with van der Waals surface area (Å²) >= 11 is 5.70. The van der Waals surface area contributed by atoms with E-state index in [0.717, 1.165) is 0 Å². The number of nitro groups is 1. The van der Waals surface area contributed by atoms with E-state index in [4.69, 9.17) is 11.6 Å². The van der Waals surface area contributed by atoms with Crippen molar-refractivity contribution in [2.75, 3.05) is 18.6 Å². The normalized spacial score (nSPS) is 11.5. The Bertz CT molecular complexity index is 560. The lowest BCUT2D eigenvalue weighted by Gasteiger charge is -2.05. The van der Waals surface area contributed by atoms with Crippen LogP contribution in [0.2, 0.25) is 5.02 Å².